The molecule has 2 heterocycles. The minimum Gasteiger partial charge on any atom is -0.445 e. The molecule has 17 atom stereocenters. The van der Waals surface area contributed by atoms with Crippen molar-refractivity contribution in [2.75, 3.05) is 19.8 Å². The molecule has 5 fully saturated rings. The summed E-state index contributed by atoms with van der Waals surface area (Å²) in [5.74, 6) is -0.0821. The maximum absolute atomic E-state index is 14.0. The van der Waals surface area contributed by atoms with Gasteiger partial charge in [0.15, 0.2) is 18.7 Å². The number of ether oxygens (including phenoxy) is 6. The Labute approximate surface area is 393 Å². The second-order valence-electron chi connectivity index (χ2n) is 20.8. The van der Waals surface area contributed by atoms with Crippen LogP contribution in [-0.4, -0.2) is 135 Å². The van der Waals surface area contributed by atoms with Gasteiger partial charge >= 0.3 is 12.2 Å². The molecule has 1 aromatic carbocycles. The lowest BCUT2D eigenvalue weighted by atomic mass is 9.46. The largest absolute Gasteiger partial charge is 0.445 e. The Kier molecular flexibility index (Phi) is 16.3. The van der Waals surface area contributed by atoms with Crippen LogP contribution in [0.25, 0.3) is 0 Å². The average Bonchev–Trinajstić information content (AvgIpc) is 3.53. The number of allylic oxidation sites excluding steroid dienone is 1. The summed E-state index contributed by atoms with van der Waals surface area (Å²) in [7, 11) is 0. The van der Waals surface area contributed by atoms with Crippen LogP contribution in [0.4, 0.5) is 9.59 Å². The van der Waals surface area contributed by atoms with Crippen LogP contribution in [-0.2, 0) is 46.3 Å². The van der Waals surface area contributed by atoms with Gasteiger partial charge in [-0.15, -0.1) is 0 Å². The predicted molar refractivity (Wildman–Crippen MR) is 241 cm³/mol. The molecule has 2 aliphatic heterocycles. The molecule has 9 unspecified atom stereocenters. The maximum Gasteiger partial charge on any atom is 0.407 e. The fourth-order valence-corrected chi connectivity index (χ4v) is 12.4. The van der Waals surface area contributed by atoms with Crippen LogP contribution in [0.3, 0.4) is 0 Å². The van der Waals surface area contributed by atoms with E-state index < -0.39 is 91.0 Å². The topological polar surface area (TPSA) is 252 Å². The number of ketones is 1. The monoisotopic (exact) mass is 943 g/mol. The second kappa shape index (κ2) is 21.2. The molecule has 8 N–H and O–H groups in total. The number of hydrogen-bond donors (Lipinski definition) is 8. The molecule has 17 heteroatoms. The van der Waals surface area contributed by atoms with Gasteiger partial charge in [0.2, 0.25) is 0 Å². The van der Waals surface area contributed by atoms with Gasteiger partial charge in [-0.1, -0.05) is 83.2 Å². The molecular weight excluding hydrogens is 869 g/mol. The first-order chi connectivity index (χ1) is 31.8. The van der Waals surface area contributed by atoms with E-state index in [1.54, 1.807) is 31.2 Å². The highest BCUT2D eigenvalue weighted by molar-refractivity contribution is 5.82. The van der Waals surface area contributed by atoms with E-state index in [2.05, 4.69) is 51.0 Å². The van der Waals surface area contributed by atoms with Gasteiger partial charge in [0.25, 0.3) is 0 Å². The zero-order chi connectivity index (χ0) is 48.4. The Balaban J connectivity index is 0.981. The third kappa shape index (κ3) is 10.5. The third-order valence-electron chi connectivity index (χ3n) is 16.4. The lowest BCUT2D eigenvalue weighted by Gasteiger charge is -2.59. The molecule has 2 amide bonds. The van der Waals surface area contributed by atoms with Crippen molar-refractivity contribution >= 4 is 18.0 Å². The molecule has 1 aromatic rings. The van der Waals surface area contributed by atoms with Gasteiger partial charge in [-0.05, 0) is 91.6 Å². The van der Waals surface area contributed by atoms with Gasteiger partial charge in [0.05, 0.1) is 25.4 Å². The Morgan fingerprint density at radius 3 is 2.19 bits per heavy atom. The average molecular weight is 943 g/mol. The van der Waals surface area contributed by atoms with Crippen LogP contribution < -0.4 is 10.6 Å². The fraction of sp³-hybridized carbons (Fsp3) is 0.740. The van der Waals surface area contributed by atoms with Crippen LogP contribution in [0.1, 0.15) is 104 Å². The lowest BCUT2D eigenvalue weighted by Crippen LogP contribution is -2.63. The zero-order valence-electron chi connectivity index (χ0n) is 39.6. The van der Waals surface area contributed by atoms with Gasteiger partial charge in [-0.3, -0.25) is 4.79 Å². The number of aliphatic hydroxyl groups is 6. The molecule has 3 saturated carbocycles. The van der Waals surface area contributed by atoms with E-state index in [0.717, 1.165) is 36.8 Å². The summed E-state index contributed by atoms with van der Waals surface area (Å²) in [6, 6.07) is 7.05. The van der Waals surface area contributed by atoms with Gasteiger partial charge in [0.1, 0.15) is 48.5 Å². The molecule has 4 aliphatic carbocycles. The number of nitrogens with one attached hydrogen (secondary N) is 2. The molecule has 2 saturated heterocycles. The van der Waals surface area contributed by atoms with E-state index in [0.29, 0.717) is 38.0 Å². The van der Waals surface area contributed by atoms with Crippen LogP contribution in [0.2, 0.25) is 0 Å². The van der Waals surface area contributed by atoms with E-state index in [1.165, 1.54) is 11.6 Å². The summed E-state index contributed by atoms with van der Waals surface area (Å²) in [5.41, 5.74) is 0.404. The van der Waals surface area contributed by atoms with Crippen molar-refractivity contribution in [1.82, 2.24) is 10.6 Å². The Bertz CT molecular complexity index is 1930. The molecule has 0 spiro atoms. The number of carbonyl (C=O) groups is 3. The number of benzene rings is 1. The molecule has 374 valence electrons. The van der Waals surface area contributed by atoms with Crippen molar-refractivity contribution in [2.45, 2.75) is 173 Å². The highest BCUT2D eigenvalue weighted by Gasteiger charge is 2.70. The molecule has 0 aromatic heterocycles. The molecule has 17 nitrogen and oxygen atoms in total. The Hall–Kier alpha value is -3.49. The Morgan fingerprint density at radius 2 is 1.52 bits per heavy atom. The highest BCUT2D eigenvalue weighted by Crippen LogP contribution is 2.69. The van der Waals surface area contributed by atoms with E-state index in [4.69, 9.17) is 28.4 Å². The summed E-state index contributed by atoms with van der Waals surface area (Å²) >= 11 is 0. The lowest BCUT2D eigenvalue weighted by molar-refractivity contribution is -0.344. The molecule has 67 heavy (non-hydrogen) atoms. The van der Waals surface area contributed by atoms with Crippen LogP contribution >= 0.6 is 0 Å². The number of fused-ring (bicyclic) bond motifs is 5. The Morgan fingerprint density at radius 1 is 0.866 bits per heavy atom. The normalized spacial score (nSPS) is 39.8. The van der Waals surface area contributed by atoms with E-state index in [-0.39, 0.29) is 61.4 Å². The standard InChI is InChI=1S/C50H74N2O15/c1-7-20-62-46(59)51-23-29-9-11-30(12-10-29)24-52-47(60)65-38-26-64-44(41(57)40(38)56)67-43-37(55)25-63-45(42(43)58)66-39-22-35-33-14-13-31-21-32(53)16-18-48(31,5)34(33)17-19-49(35,6)50(39,61)28(4)36(54)15-8-27(2)3/h7,9-13,27-28,32-35,37-45,53,55-58,61H,1,8,14-26H2,2-6H3,(H,51,59)(H,52,60)/t28-,32+,33-,34?,35+,37?,38?,39+,40?,41?,42?,43?,44?,45?,48+,49+,50-/m1/s1. The quantitative estimate of drug-likeness (QED) is 0.109. The van der Waals surface area contributed by atoms with Gasteiger partial charge in [0, 0.05) is 30.8 Å². The van der Waals surface area contributed by atoms with Crippen LogP contribution in [0.15, 0.2) is 48.6 Å². The smallest absolute Gasteiger partial charge is 0.407 e. The summed E-state index contributed by atoms with van der Waals surface area (Å²) in [6.45, 7) is 13.5. The first-order valence-corrected chi connectivity index (χ1v) is 24.2. The predicted octanol–water partition coefficient (Wildman–Crippen LogP) is 3.93. The van der Waals surface area contributed by atoms with E-state index in [1.807, 2.05) is 0 Å². The van der Waals surface area contributed by atoms with Gasteiger partial charge in [-0.2, -0.15) is 0 Å². The van der Waals surface area contributed by atoms with Crippen molar-refractivity contribution in [3.05, 3.63) is 59.7 Å². The molecule has 0 radical (unpaired) electrons. The number of hydrogen-bond acceptors (Lipinski definition) is 15. The minimum atomic E-state index is -1.77. The number of carbonyl (C=O) groups excluding carboxylic acids is 3. The van der Waals surface area contributed by atoms with Crippen LogP contribution in [0.5, 0.6) is 0 Å². The van der Waals surface area contributed by atoms with Gasteiger partial charge < -0.3 is 69.7 Å². The first-order valence-electron chi connectivity index (χ1n) is 24.2. The zero-order valence-corrected chi connectivity index (χ0v) is 39.6. The third-order valence-corrected chi connectivity index (χ3v) is 16.4. The molecular formula is C50H74N2O15. The number of rotatable bonds is 16. The summed E-state index contributed by atoms with van der Waals surface area (Å²) in [4.78, 5) is 38.5. The number of aliphatic hydroxyl groups excluding tert-OH is 5. The summed E-state index contributed by atoms with van der Waals surface area (Å²) < 4.78 is 34.5. The summed E-state index contributed by atoms with van der Waals surface area (Å²) in [6.07, 6.45) is -5.18. The van der Waals surface area contributed by atoms with Crippen molar-refractivity contribution in [2.24, 2.45) is 40.4 Å². The maximum atomic E-state index is 14.0. The van der Waals surface area contributed by atoms with Crippen molar-refractivity contribution < 1.29 is 73.4 Å². The number of amides is 2. The van der Waals surface area contributed by atoms with E-state index in [9.17, 15) is 45.0 Å². The fourth-order valence-electron chi connectivity index (χ4n) is 12.4. The van der Waals surface area contributed by atoms with Crippen molar-refractivity contribution in [1.29, 1.82) is 0 Å². The van der Waals surface area contributed by atoms with E-state index >= 15 is 0 Å². The summed E-state index contributed by atoms with van der Waals surface area (Å²) in [5, 5.41) is 74.1. The second-order valence-corrected chi connectivity index (χ2v) is 20.8. The first kappa shape index (κ1) is 51.4. The van der Waals surface area contributed by atoms with Crippen molar-refractivity contribution in [3.8, 4) is 0 Å². The number of alkyl carbamates (subject to hydrolysis) is 2. The minimum absolute atomic E-state index is 0.0343. The SMILES string of the molecule is C=CCOC(=O)NCc1ccc(CNC(=O)OC2COC(OC3C(O)COC(O[C@H]4C[C@H]5[C@@H]6CC=C7C[C@@H](O)CC[C@]7(C)C6CC[C@]5(C)[C@@]4(O)[C@H](C)C(=O)CCC(C)C)C3O)C(O)C2O)cc1. The molecule has 0 bridgehead atoms. The highest BCUT2D eigenvalue weighted by atomic mass is 16.7. The molecule has 7 rings (SSSR count). The number of Topliss-reactive ketones (excluding diaryl/α,β-unsaturated/α-hetero) is 1. The van der Waals surface area contributed by atoms with Crippen LogP contribution in [0, 0.1) is 40.4 Å². The van der Waals surface area contributed by atoms with Crippen molar-refractivity contribution in [3.63, 3.8) is 0 Å². The molecule has 6 aliphatic rings. The van der Waals surface area contributed by atoms with Gasteiger partial charge in [-0.25, -0.2) is 9.59 Å².